The fourth-order valence-electron chi connectivity index (χ4n) is 0.137. The molecule has 0 heterocycles. The van der Waals surface area contributed by atoms with Crippen LogP contribution in [-0.2, 0) is 0 Å². The first-order chi connectivity index (χ1) is 2.30. The highest BCUT2D eigenvalue weighted by Gasteiger charge is 2.30. The van der Waals surface area contributed by atoms with Crippen LogP contribution in [0.25, 0.3) is 0 Å². The molecule has 5 heavy (non-hydrogen) atoms. The fourth-order valence-corrected chi connectivity index (χ4v) is 2.21. The zero-order valence-corrected chi connectivity index (χ0v) is 6.93. The summed E-state index contributed by atoms with van der Waals surface area (Å²) in [5.41, 5.74) is 0. The van der Waals surface area contributed by atoms with Gasteiger partial charge in [-0.3, -0.25) is 0 Å². The van der Waals surface area contributed by atoms with Crippen LogP contribution in [0.1, 0.15) is 6.42 Å². The molecule has 2 heteroatoms. The third-order valence-electron chi connectivity index (χ3n) is 0.640. The SMILES string of the molecule is IC1C[C@H]1I. The Morgan fingerprint density at radius 1 is 1.20 bits per heavy atom. The summed E-state index contributed by atoms with van der Waals surface area (Å²) in [7, 11) is 0. The van der Waals surface area contributed by atoms with E-state index in [1.165, 1.54) is 6.42 Å². The molecule has 1 unspecified atom stereocenters. The van der Waals surface area contributed by atoms with Gasteiger partial charge in [0.2, 0.25) is 0 Å². The van der Waals surface area contributed by atoms with Gasteiger partial charge in [-0.1, -0.05) is 45.2 Å². The molecule has 0 aromatic carbocycles. The largest absolute Gasteiger partial charge is 0.0814 e. The lowest BCUT2D eigenvalue weighted by Crippen LogP contribution is -1.61. The van der Waals surface area contributed by atoms with Crippen molar-refractivity contribution in [3.8, 4) is 0 Å². The van der Waals surface area contributed by atoms with Crippen LogP contribution in [0.4, 0.5) is 0 Å². The lowest BCUT2D eigenvalue weighted by molar-refractivity contribution is 1.55. The van der Waals surface area contributed by atoms with E-state index in [4.69, 9.17) is 0 Å². The van der Waals surface area contributed by atoms with Crippen LogP contribution in [0.5, 0.6) is 0 Å². The normalized spacial score (nSPS) is 49.2. The Morgan fingerprint density at radius 3 is 1.40 bits per heavy atom. The zero-order valence-electron chi connectivity index (χ0n) is 2.62. The van der Waals surface area contributed by atoms with E-state index < -0.39 is 0 Å². The second kappa shape index (κ2) is 1.52. The molecule has 0 N–H and O–H groups in total. The summed E-state index contributed by atoms with van der Waals surface area (Å²) in [6, 6.07) is 0. The van der Waals surface area contributed by atoms with Crippen LogP contribution < -0.4 is 0 Å². The Balaban J connectivity index is 2.20. The van der Waals surface area contributed by atoms with Crippen LogP contribution in [0.3, 0.4) is 0 Å². The third kappa shape index (κ3) is 1.17. The van der Waals surface area contributed by atoms with Gasteiger partial charge < -0.3 is 0 Å². The summed E-state index contributed by atoms with van der Waals surface area (Å²) in [4.78, 5) is 0. The number of rotatable bonds is 0. The number of halogens is 2. The van der Waals surface area contributed by atoms with Gasteiger partial charge in [0.1, 0.15) is 0 Å². The summed E-state index contributed by atoms with van der Waals surface area (Å²) in [6.45, 7) is 0. The van der Waals surface area contributed by atoms with Gasteiger partial charge in [0, 0.05) is 7.85 Å². The van der Waals surface area contributed by atoms with E-state index in [0.717, 1.165) is 7.85 Å². The van der Waals surface area contributed by atoms with Crippen molar-refractivity contribution < 1.29 is 0 Å². The molecule has 0 aliphatic heterocycles. The van der Waals surface area contributed by atoms with Gasteiger partial charge in [0.15, 0.2) is 0 Å². The van der Waals surface area contributed by atoms with Gasteiger partial charge in [0.05, 0.1) is 0 Å². The maximum absolute atomic E-state index is 2.47. The van der Waals surface area contributed by atoms with E-state index in [1.54, 1.807) is 0 Å². The monoisotopic (exact) mass is 294 g/mol. The standard InChI is InChI=1S/C3H4I2/c4-2-1-3(2)5/h2-3H,1H2/t2-,3?/m1/s1. The predicted molar refractivity (Wildman–Crippen MR) is 40.2 cm³/mol. The lowest BCUT2D eigenvalue weighted by atomic mass is 11.0. The first-order valence-corrected chi connectivity index (χ1v) is 4.08. The van der Waals surface area contributed by atoms with Crippen molar-refractivity contribution in [2.45, 2.75) is 14.3 Å². The average Bonchev–Trinajstić information content (AvgIpc) is 1.79. The lowest BCUT2D eigenvalue weighted by Gasteiger charge is -1.62. The van der Waals surface area contributed by atoms with Gasteiger partial charge in [-0.15, -0.1) is 0 Å². The molecule has 1 aliphatic carbocycles. The first-order valence-electron chi connectivity index (χ1n) is 1.59. The smallest absolute Gasteiger partial charge is 0.0238 e. The molecule has 0 amide bonds. The summed E-state index contributed by atoms with van der Waals surface area (Å²) >= 11 is 4.95. The minimum absolute atomic E-state index is 1.01. The van der Waals surface area contributed by atoms with Crippen LogP contribution >= 0.6 is 45.2 Å². The Labute approximate surface area is 59.0 Å². The van der Waals surface area contributed by atoms with E-state index >= 15 is 0 Å². The number of hydrogen-bond donors (Lipinski definition) is 0. The number of hydrogen-bond acceptors (Lipinski definition) is 0. The fraction of sp³-hybridized carbons (Fsp3) is 1.00. The van der Waals surface area contributed by atoms with E-state index in [-0.39, 0.29) is 0 Å². The van der Waals surface area contributed by atoms with Crippen molar-refractivity contribution in [3.63, 3.8) is 0 Å². The molecule has 1 fully saturated rings. The Morgan fingerprint density at radius 2 is 1.40 bits per heavy atom. The summed E-state index contributed by atoms with van der Waals surface area (Å²) in [6.07, 6.45) is 1.45. The molecule has 0 radical (unpaired) electrons. The molecule has 0 bridgehead atoms. The molecule has 0 aromatic heterocycles. The van der Waals surface area contributed by atoms with Gasteiger partial charge in [-0.25, -0.2) is 0 Å². The Bertz CT molecular complexity index is 38.2. The van der Waals surface area contributed by atoms with Crippen molar-refractivity contribution in [3.05, 3.63) is 0 Å². The van der Waals surface area contributed by atoms with Crippen LogP contribution in [0, 0.1) is 0 Å². The third-order valence-corrected chi connectivity index (χ3v) is 4.77. The minimum Gasteiger partial charge on any atom is -0.0814 e. The summed E-state index contributed by atoms with van der Waals surface area (Å²) in [5.74, 6) is 0. The first kappa shape index (κ1) is 4.61. The maximum atomic E-state index is 2.47. The highest BCUT2D eigenvalue weighted by Crippen LogP contribution is 2.37. The zero-order chi connectivity index (χ0) is 3.86. The van der Waals surface area contributed by atoms with Crippen molar-refractivity contribution in [1.29, 1.82) is 0 Å². The van der Waals surface area contributed by atoms with Crippen molar-refractivity contribution in [1.82, 2.24) is 0 Å². The van der Waals surface area contributed by atoms with Gasteiger partial charge >= 0.3 is 0 Å². The van der Waals surface area contributed by atoms with E-state index in [1.807, 2.05) is 0 Å². The predicted octanol–water partition coefficient (Wildman–Crippen LogP) is 2.00. The summed E-state index contributed by atoms with van der Waals surface area (Å²) in [5, 5.41) is 0. The molecule has 0 saturated heterocycles. The Hall–Kier alpha value is 1.46. The van der Waals surface area contributed by atoms with Gasteiger partial charge in [0.25, 0.3) is 0 Å². The molecule has 0 aromatic rings. The topological polar surface area (TPSA) is 0 Å². The summed E-state index contributed by atoms with van der Waals surface area (Å²) < 4.78 is 2.02. The molecule has 1 rings (SSSR count). The highest BCUT2D eigenvalue weighted by atomic mass is 127. The second-order valence-electron chi connectivity index (χ2n) is 1.27. The van der Waals surface area contributed by atoms with Gasteiger partial charge in [-0.2, -0.15) is 0 Å². The second-order valence-corrected chi connectivity index (χ2v) is 4.47. The Kier molecular flexibility index (Phi) is 1.40. The molecular weight excluding hydrogens is 290 g/mol. The molecule has 1 aliphatic rings. The van der Waals surface area contributed by atoms with E-state index in [2.05, 4.69) is 45.2 Å². The molecule has 1 saturated carbocycles. The van der Waals surface area contributed by atoms with Crippen LogP contribution in [0.2, 0.25) is 0 Å². The molecule has 0 spiro atoms. The quantitative estimate of drug-likeness (QED) is 0.473. The van der Waals surface area contributed by atoms with Crippen LogP contribution in [0.15, 0.2) is 0 Å². The van der Waals surface area contributed by atoms with Gasteiger partial charge in [-0.05, 0) is 6.42 Å². The molecular formula is C3H4I2. The highest BCUT2D eigenvalue weighted by molar-refractivity contribution is 14.1. The maximum Gasteiger partial charge on any atom is 0.0238 e. The van der Waals surface area contributed by atoms with Crippen molar-refractivity contribution in [2.75, 3.05) is 0 Å². The molecule has 2 atom stereocenters. The average molecular weight is 294 g/mol. The van der Waals surface area contributed by atoms with E-state index in [0.29, 0.717) is 0 Å². The van der Waals surface area contributed by atoms with E-state index in [9.17, 15) is 0 Å². The van der Waals surface area contributed by atoms with Crippen molar-refractivity contribution >= 4 is 45.2 Å². The minimum atomic E-state index is 1.01. The number of alkyl halides is 2. The molecule has 0 nitrogen and oxygen atoms in total. The van der Waals surface area contributed by atoms with Crippen molar-refractivity contribution in [2.24, 2.45) is 0 Å². The molecule has 30 valence electrons. The van der Waals surface area contributed by atoms with Crippen LogP contribution in [-0.4, -0.2) is 7.85 Å².